The van der Waals surface area contributed by atoms with Crippen LogP contribution in [0.2, 0.25) is 5.02 Å². The molecule has 1 amide bonds. The molecule has 8 heteroatoms. The molecule has 0 radical (unpaired) electrons. The first kappa shape index (κ1) is 19.5. The molecule has 0 N–H and O–H groups in total. The van der Waals surface area contributed by atoms with Gasteiger partial charge >= 0.3 is 5.69 Å². The fourth-order valence-electron chi connectivity index (χ4n) is 2.38. The predicted molar refractivity (Wildman–Crippen MR) is 98.4 cm³/mol. The molecule has 0 atom stereocenters. The Hall–Kier alpha value is -2.80. The van der Waals surface area contributed by atoms with Crippen molar-refractivity contribution in [3.63, 3.8) is 0 Å². The molecule has 0 aliphatic carbocycles. The Balaban J connectivity index is 2.34. The molecule has 0 aliphatic rings. The number of hydrogen-bond acceptors (Lipinski definition) is 5. The molecule has 2 aromatic carbocycles. The van der Waals surface area contributed by atoms with Crippen molar-refractivity contribution in [2.75, 3.05) is 20.7 Å². The molecule has 26 heavy (non-hydrogen) atoms. The van der Waals surface area contributed by atoms with E-state index < -0.39 is 4.92 Å². The van der Waals surface area contributed by atoms with E-state index in [1.165, 1.54) is 25.3 Å². The number of benzene rings is 2. The van der Waals surface area contributed by atoms with Crippen molar-refractivity contribution in [2.45, 2.75) is 13.3 Å². The summed E-state index contributed by atoms with van der Waals surface area (Å²) in [6.07, 6.45) is 0.848. The van der Waals surface area contributed by atoms with Gasteiger partial charge in [-0.05, 0) is 36.8 Å². The van der Waals surface area contributed by atoms with Crippen molar-refractivity contribution in [1.82, 2.24) is 4.90 Å². The first-order valence-electron chi connectivity index (χ1n) is 7.92. The molecular formula is C18H19ClN2O5. The summed E-state index contributed by atoms with van der Waals surface area (Å²) in [6, 6.07) is 8.80. The average molecular weight is 379 g/mol. The number of carbonyl (C=O) groups is 1. The lowest BCUT2D eigenvalue weighted by atomic mass is 10.1. The van der Waals surface area contributed by atoms with E-state index in [-0.39, 0.29) is 28.1 Å². The summed E-state index contributed by atoms with van der Waals surface area (Å²) in [6.45, 7) is 2.62. The van der Waals surface area contributed by atoms with Crippen molar-refractivity contribution in [3.05, 3.63) is 57.1 Å². The Labute approximate surface area is 156 Å². The highest BCUT2D eigenvalue weighted by atomic mass is 35.5. The van der Waals surface area contributed by atoms with Crippen LogP contribution >= 0.6 is 11.6 Å². The topological polar surface area (TPSA) is 81.9 Å². The maximum atomic E-state index is 12.4. The van der Waals surface area contributed by atoms with Gasteiger partial charge in [0.1, 0.15) is 0 Å². The highest BCUT2D eigenvalue weighted by Gasteiger charge is 2.19. The first-order valence-corrected chi connectivity index (χ1v) is 8.30. The lowest BCUT2D eigenvalue weighted by molar-refractivity contribution is -0.385. The summed E-state index contributed by atoms with van der Waals surface area (Å²) in [5, 5.41) is 11.4. The molecule has 0 saturated carbocycles. The van der Waals surface area contributed by atoms with E-state index >= 15 is 0 Å². The molecule has 138 valence electrons. The number of ether oxygens (including phenoxy) is 2. The minimum absolute atomic E-state index is 0.0277. The molecule has 0 aromatic heterocycles. The van der Waals surface area contributed by atoms with Crippen LogP contribution in [0.25, 0.3) is 0 Å². The Bertz CT molecular complexity index is 825. The number of carbonyl (C=O) groups excluding carboxylic acids is 1. The second-order valence-corrected chi connectivity index (χ2v) is 6.00. The minimum Gasteiger partial charge on any atom is -0.493 e. The molecule has 0 saturated heterocycles. The molecule has 0 unspecified atom stereocenters. The van der Waals surface area contributed by atoms with Gasteiger partial charge in [-0.15, -0.1) is 0 Å². The van der Waals surface area contributed by atoms with Crippen LogP contribution in [-0.4, -0.2) is 36.4 Å². The summed E-state index contributed by atoms with van der Waals surface area (Å²) in [5.74, 6) is 0.437. The van der Waals surface area contributed by atoms with Gasteiger partial charge in [-0.3, -0.25) is 14.9 Å². The number of halogens is 1. The van der Waals surface area contributed by atoms with Gasteiger partial charge in [0.15, 0.2) is 11.5 Å². The van der Waals surface area contributed by atoms with Gasteiger partial charge in [0.2, 0.25) is 5.75 Å². The Morgan fingerprint density at radius 1 is 1.19 bits per heavy atom. The zero-order valence-corrected chi connectivity index (χ0v) is 15.4. The molecule has 0 fully saturated rings. The molecule has 2 aromatic rings. The summed E-state index contributed by atoms with van der Waals surface area (Å²) in [4.78, 5) is 24.6. The van der Waals surface area contributed by atoms with Crippen LogP contribution in [0.1, 0.15) is 23.7 Å². The van der Waals surface area contributed by atoms with Crippen LogP contribution in [0.15, 0.2) is 36.4 Å². The Kier molecular flexibility index (Phi) is 6.41. The summed E-state index contributed by atoms with van der Waals surface area (Å²) >= 11 is 5.81. The average Bonchev–Trinajstić information content (AvgIpc) is 2.62. The zero-order valence-electron chi connectivity index (χ0n) is 14.7. The molecule has 2 rings (SSSR count). The van der Waals surface area contributed by atoms with Gasteiger partial charge < -0.3 is 14.4 Å². The summed E-state index contributed by atoms with van der Waals surface area (Å²) in [7, 11) is 3.16. The van der Waals surface area contributed by atoms with Crippen LogP contribution < -0.4 is 9.47 Å². The van der Waals surface area contributed by atoms with E-state index in [2.05, 4.69) is 0 Å². The first-order chi connectivity index (χ1) is 12.4. The highest BCUT2D eigenvalue weighted by molar-refractivity contribution is 6.30. The van der Waals surface area contributed by atoms with Gasteiger partial charge in [0.05, 0.1) is 12.0 Å². The second kappa shape index (κ2) is 8.53. The van der Waals surface area contributed by atoms with Gasteiger partial charge in [-0.25, -0.2) is 0 Å². The highest BCUT2D eigenvalue weighted by Crippen LogP contribution is 2.38. The molecular weight excluding hydrogens is 360 g/mol. The lowest BCUT2D eigenvalue weighted by Gasteiger charge is -2.17. The Morgan fingerprint density at radius 2 is 1.88 bits per heavy atom. The third-order valence-corrected chi connectivity index (χ3v) is 3.89. The fourth-order valence-corrected chi connectivity index (χ4v) is 2.55. The van der Waals surface area contributed by atoms with Crippen LogP contribution in [-0.2, 0) is 0 Å². The van der Waals surface area contributed by atoms with Crippen LogP contribution in [0.5, 0.6) is 17.2 Å². The van der Waals surface area contributed by atoms with Crippen LogP contribution in [0.3, 0.4) is 0 Å². The largest absolute Gasteiger partial charge is 0.493 e. The monoisotopic (exact) mass is 378 g/mol. The van der Waals surface area contributed by atoms with Crippen molar-refractivity contribution >= 4 is 23.2 Å². The van der Waals surface area contributed by atoms with Gasteiger partial charge in [-0.2, -0.15) is 0 Å². The SMILES string of the molecule is CCCN(C)C(=O)c1ccc(Oc2ccc(Cl)cc2[N+](=O)[O-])c(OC)c1. The zero-order chi connectivity index (χ0) is 19.3. The number of amides is 1. The fraction of sp³-hybridized carbons (Fsp3) is 0.278. The van der Waals surface area contributed by atoms with Gasteiger partial charge in [-0.1, -0.05) is 18.5 Å². The standard InChI is InChI=1S/C18H19ClN2O5/c1-4-9-20(2)18(22)12-5-7-16(17(10-12)25-3)26-15-8-6-13(19)11-14(15)21(23)24/h5-8,10-11H,4,9H2,1-3H3. The minimum atomic E-state index is -0.578. The number of nitro benzene ring substituents is 1. The predicted octanol–water partition coefficient (Wildman–Crippen LogP) is 4.53. The van der Waals surface area contributed by atoms with Crippen LogP contribution in [0, 0.1) is 10.1 Å². The van der Waals surface area contributed by atoms with E-state index in [1.54, 1.807) is 30.1 Å². The van der Waals surface area contributed by atoms with Crippen molar-refractivity contribution in [2.24, 2.45) is 0 Å². The maximum Gasteiger partial charge on any atom is 0.313 e. The molecule has 0 bridgehead atoms. The maximum absolute atomic E-state index is 12.4. The molecule has 0 spiro atoms. The van der Waals surface area contributed by atoms with Gasteiger partial charge in [0.25, 0.3) is 5.91 Å². The quantitative estimate of drug-likeness (QED) is 0.522. The molecule has 0 heterocycles. The smallest absolute Gasteiger partial charge is 0.313 e. The van der Waals surface area contributed by atoms with E-state index in [0.29, 0.717) is 17.9 Å². The van der Waals surface area contributed by atoms with E-state index in [4.69, 9.17) is 21.1 Å². The number of hydrogen-bond donors (Lipinski definition) is 0. The van der Waals surface area contributed by atoms with Gasteiger partial charge in [0, 0.05) is 30.2 Å². The normalized spacial score (nSPS) is 10.3. The van der Waals surface area contributed by atoms with Crippen LogP contribution in [0.4, 0.5) is 5.69 Å². The number of methoxy groups -OCH3 is 1. The third kappa shape index (κ3) is 4.43. The van der Waals surface area contributed by atoms with E-state index in [9.17, 15) is 14.9 Å². The number of nitrogens with zero attached hydrogens (tertiary/aromatic N) is 2. The molecule has 7 nitrogen and oxygen atoms in total. The van der Waals surface area contributed by atoms with Crippen molar-refractivity contribution < 1.29 is 19.2 Å². The lowest BCUT2D eigenvalue weighted by Crippen LogP contribution is -2.27. The summed E-state index contributed by atoms with van der Waals surface area (Å²) in [5.41, 5.74) is 0.179. The molecule has 0 aliphatic heterocycles. The Morgan fingerprint density at radius 3 is 2.50 bits per heavy atom. The van der Waals surface area contributed by atoms with Crippen molar-refractivity contribution in [3.8, 4) is 17.2 Å². The van der Waals surface area contributed by atoms with Crippen molar-refractivity contribution in [1.29, 1.82) is 0 Å². The second-order valence-electron chi connectivity index (χ2n) is 5.56. The number of nitro groups is 1. The van der Waals surface area contributed by atoms with E-state index in [0.717, 1.165) is 6.42 Å². The number of rotatable bonds is 7. The summed E-state index contributed by atoms with van der Waals surface area (Å²) < 4.78 is 10.9. The van der Waals surface area contributed by atoms with E-state index in [1.807, 2.05) is 6.92 Å². The third-order valence-electron chi connectivity index (χ3n) is 3.65.